The van der Waals surface area contributed by atoms with Gasteiger partial charge in [-0.25, -0.2) is 9.59 Å². The van der Waals surface area contributed by atoms with Gasteiger partial charge in [0.05, 0.1) is 28.1 Å². The molecule has 0 bridgehead atoms. The van der Waals surface area contributed by atoms with Crippen LogP contribution in [0.4, 0.5) is 11.4 Å². The average Bonchev–Trinajstić information content (AvgIpc) is 2.96. The van der Waals surface area contributed by atoms with Crippen LogP contribution in [0.25, 0.3) is 6.08 Å². The van der Waals surface area contributed by atoms with E-state index in [0.29, 0.717) is 11.3 Å². The zero-order valence-electron chi connectivity index (χ0n) is 16.1. The topological polar surface area (TPSA) is 111 Å². The van der Waals surface area contributed by atoms with Gasteiger partial charge in [-0.05, 0) is 48.9 Å². The lowest BCUT2D eigenvalue weighted by Crippen LogP contribution is -2.22. The van der Waals surface area contributed by atoms with Gasteiger partial charge in [-0.1, -0.05) is 12.1 Å². The van der Waals surface area contributed by atoms with Crippen molar-refractivity contribution in [2.75, 3.05) is 24.0 Å². The normalized spacial score (nSPS) is 14.9. The van der Waals surface area contributed by atoms with Crippen molar-refractivity contribution in [2.45, 2.75) is 6.92 Å². The van der Waals surface area contributed by atoms with Crippen LogP contribution in [0.2, 0.25) is 0 Å². The van der Waals surface area contributed by atoms with Crippen LogP contribution in [0.1, 0.15) is 33.2 Å². The molecule has 0 unspecified atom stereocenters. The minimum Gasteiger partial charge on any atom is -0.478 e. The first-order valence-corrected chi connectivity index (χ1v) is 8.68. The third-order valence-electron chi connectivity index (χ3n) is 4.44. The average molecular weight is 393 g/mol. The Kier molecular flexibility index (Phi) is 5.18. The highest BCUT2D eigenvalue weighted by molar-refractivity contribution is 6.32. The highest BCUT2D eigenvalue weighted by Gasteiger charge is 2.30. The maximum absolute atomic E-state index is 12.9. The van der Waals surface area contributed by atoms with E-state index in [1.165, 1.54) is 12.1 Å². The maximum Gasteiger partial charge on any atom is 0.335 e. The van der Waals surface area contributed by atoms with Gasteiger partial charge >= 0.3 is 11.9 Å². The van der Waals surface area contributed by atoms with Crippen molar-refractivity contribution >= 4 is 41.0 Å². The highest BCUT2D eigenvalue weighted by atomic mass is 16.4. The molecule has 0 fully saturated rings. The summed E-state index contributed by atoms with van der Waals surface area (Å²) >= 11 is 0. The standard InChI is InChI=1S/C21H19N3O5/c1-12-18(8-13-4-6-16(7-5-13)23(2)3)19(25)24(22-12)17-10-14(20(26)27)9-15(11-17)21(28)29/h4-11H,1-3H3,(H,26,27)(H,28,29). The smallest absolute Gasteiger partial charge is 0.335 e. The van der Waals surface area contributed by atoms with Crippen molar-refractivity contribution in [3.05, 3.63) is 64.7 Å². The summed E-state index contributed by atoms with van der Waals surface area (Å²) in [5.41, 5.74) is 2.22. The van der Waals surface area contributed by atoms with E-state index in [9.17, 15) is 24.6 Å². The summed E-state index contributed by atoms with van der Waals surface area (Å²) in [6.45, 7) is 1.66. The van der Waals surface area contributed by atoms with Crippen LogP contribution in [-0.2, 0) is 4.79 Å². The number of carbonyl (C=O) groups excluding carboxylic acids is 1. The molecule has 1 heterocycles. The second kappa shape index (κ2) is 7.59. The van der Waals surface area contributed by atoms with E-state index in [1.54, 1.807) is 13.0 Å². The second-order valence-electron chi connectivity index (χ2n) is 6.73. The Morgan fingerprint density at radius 2 is 1.55 bits per heavy atom. The van der Waals surface area contributed by atoms with Gasteiger partial charge in [-0.15, -0.1) is 0 Å². The minimum atomic E-state index is -1.29. The Morgan fingerprint density at radius 3 is 2.03 bits per heavy atom. The molecule has 1 aliphatic rings. The van der Waals surface area contributed by atoms with Crippen LogP contribution < -0.4 is 9.91 Å². The number of carboxylic acid groups (broad SMARTS) is 2. The number of anilines is 2. The Labute approximate surface area is 167 Å². The second-order valence-corrected chi connectivity index (χ2v) is 6.73. The van der Waals surface area contributed by atoms with Crippen LogP contribution in [0.5, 0.6) is 0 Å². The number of aromatic carboxylic acids is 2. The summed E-state index contributed by atoms with van der Waals surface area (Å²) in [5.74, 6) is -3.05. The molecule has 2 aromatic rings. The van der Waals surface area contributed by atoms with Gasteiger partial charge in [0, 0.05) is 19.8 Å². The molecule has 8 heteroatoms. The predicted molar refractivity (Wildman–Crippen MR) is 110 cm³/mol. The Hall–Kier alpha value is -3.94. The number of benzene rings is 2. The van der Waals surface area contributed by atoms with E-state index in [0.717, 1.165) is 22.3 Å². The van der Waals surface area contributed by atoms with Crippen LogP contribution >= 0.6 is 0 Å². The van der Waals surface area contributed by atoms with E-state index in [2.05, 4.69) is 5.10 Å². The summed E-state index contributed by atoms with van der Waals surface area (Å²) in [6, 6.07) is 11.1. The third-order valence-corrected chi connectivity index (χ3v) is 4.44. The molecule has 2 aromatic carbocycles. The Bertz CT molecular complexity index is 1040. The molecule has 0 saturated carbocycles. The van der Waals surface area contributed by atoms with Gasteiger partial charge in [-0.3, -0.25) is 4.79 Å². The number of carbonyl (C=O) groups is 3. The zero-order valence-corrected chi connectivity index (χ0v) is 16.1. The first-order valence-electron chi connectivity index (χ1n) is 8.68. The molecule has 0 saturated heterocycles. The number of rotatable bonds is 5. The van der Waals surface area contributed by atoms with Crippen molar-refractivity contribution < 1.29 is 24.6 Å². The number of hydrazone groups is 1. The quantitative estimate of drug-likeness (QED) is 0.756. The number of hydrogen-bond donors (Lipinski definition) is 2. The van der Waals surface area contributed by atoms with Crippen LogP contribution in [0, 0.1) is 0 Å². The SMILES string of the molecule is CC1=NN(c2cc(C(=O)O)cc(C(=O)O)c2)C(=O)C1=Cc1ccc(N(C)C)cc1. The van der Waals surface area contributed by atoms with Crippen LogP contribution in [0.15, 0.2) is 53.1 Å². The van der Waals surface area contributed by atoms with Gasteiger partial charge in [0.1, 0.15) is 0 Å². The maximum atomic E-state index is 12.9. The summed E-state index contributed by atoms with van der Waals surface area (Å²) in [4.78, 5) is 37.5. The zero-order chi connectivity index (χ0) is 21.3. The van der Waals surface area contributed by atoms with E-state index in [-0.39, 0.29) is 16.8 Å². The monoisotopic (exact) mass is 393 g/mol. The van der Waals surface area contributed by atoms with Crippen LogP contribution in [-0.4, -0.2) is 47.9 Å². The first kappa shape index (κ1) is 19.8. The molecule has 1 aliphatic heterocycles. The lowest BCUT2D eigenvalue weighted by Gasteiger charge is -2.14. The van der Waals surface area contributed by atoms with Crippen molar-refractivity contribution in [2.24, 2.45) is 5.10 Å². The third kappa shape index (κ3) is 4.01. The molecule has 0 spiro atoms. The molecule has 0 aliphatic carbocycles. The van der Waals surface area contributed by atoms with E-state index < -0.39 is 17.8 Å². The van der Waals surface area contributed by atoms with Crippen molar-refractivity contribution in [1.29, 1.82) is 0 Å². The first-order chi connectivity index (χ1) is 13.7. The van der Waals surface area contributed by atoms with Gasteiger partial charge in [0.25, 0.3) is 5.91 Å². The van der Waals surface area contributed by atoms with Gasteiger partial charge in [0.15, 0.2) is 0 Å². The fourth-order valence-corrected chi connectivity index (χ4v) is 2.88. The van der Waals surface area contributed by atoms with E-state index in [4.69, 9.17) is 0 Å². The van der Waals surface area contributed by atoms with Gasteiger partial charge in [0.2, 0.25) is 0 Å². The Balaban J connectivity index is 1.98. The summed E-state index contributed by atoms with van der Waals surface area (Å²) in [7, 11) is 3.86. The summed E-state index contributed by atoms with van der Waals surface area (Å²) < 4.78 is 0. The molecular weight excluding hydrogens is 374 g/mol. The molecule has 0 aromatic heterocycles. The van der Waals surface area contributed by atoms with Gasteiger partial charge in [-0.2, -0.15) is 10.1 Å². The molecule has 8 nitrogen and oxygen atoms in total. The van der Waals surface area contributed by atoms with Gasteiger partial charge < -0.3 is 15.1 Å². The molecule has 148 valence electrons. The number of nitrogens with zero attached hydrogens (tertiary/aromatic N) is 3. The summed E-state index contributed by atoms with van der Waals surface area (Å²) in [5, 5.41) is 23.7. The Morgan fingerprint density at radius 1 is 1.00 bits per heavy atom. The lowest BCUT2D eigenvalue weighted by molar-refractivity contribution is -0.114. The molecule has 29 heavy (non-hydrogen) atoms. The highest BCUT2D eigenvalue weighted by Crippen LogP contribution is 2.27. The fourth-order valence-electron chi connectivity index (χ4n) is 2.88. The van der Waals surface area contributed by atoms with E-state index >= 15 is 0 Å². The molecule has 2 N–H and O–H groups in total. The van der Waals surface area contributed by atoms with Crippen molar-refractivity contribution in [1.82, 2.24) is 0 Å². The van der Waals surface area contributed by atoms with Crippen LogP contribution in [0.3, 0.4) is 0 Å². The predicted octanol–water partition coefficient (Wildman–Crippen LogP) is 2.96. The van der Waals surface area contributed by atoms with E-state index in [1.807, 2.05) is 43.3 Å². The molecular formula is C21H19N3O5. The molecule has 3 rings (SSSR count). The fraction of sp³-hybridized carbons (Fsp3) is 0.143. The molecule has 1 amide bonds. The molecule has 0 atom stereocenters. The number of carboxylic acids is 2. The summed E-state index contributed by atoms with van der Waals surface area (Å²) in [6.07, 6.45) is 1.69. The number of hydrogen-bond acceptors (Lipinski definition) is 5. The lowest BCUT2D eigenvalue weighted by atomic mass is 10.1. The molecule has 0 radical (unpaired) electrons. The van der Waals surface area contributed by atoms with Crippen molar-refractivity contribution in [3.8, 4) is 0 Å². The largest absolute Gasteiger partial charge is 0.478 e. The number of amides is 1. The van der Waals surface area contributed by atoms with Crippen molar-refractivity contribution in [3.63, 3.8) is 0 Å². The minimum absolute atomic E-state index is 0.0815.